The Morgan fingerprint density at radius 1 is 1.09 bits per heavy atom. The molecule has 0 bridgehead atoms. The van der Waals surface area contributed by atoms with Gasteiger partial charge in [0.25, 0.3) is 5.91 Å². The first kappa shape index (κ1) is 17.0. The molecule has 2 rings (SSSR count). The highest BCUT2D eigenvalue weighted by molar-refractivity contribution is 5.95. The lowest BCUT2D eigenvalue weighted by atomic mass is 10.2. The normalized spacial score (nSPS) is 10.3. The number of carbonyl (C=O) groups excluding carboxylic acids is 1. The van der Waals surface area contributed by atoms with Crippen LogP contribution in [0.2, 0.25) is 0 Å². The lowest BCUT2D eigenvalue weighted by Gasteiger charge is -2.13. The van der Waals surface area contributed by atoms with Gasteiger partial charge in [-0.3, -0.25) is 4.79 Å². The molecule has 0 atom stereocenters. The third kappa shape index (κ3) is 5.75. The minimum atomic E-state index is -0.0447. The van der Waals surface area contributed by atoms with E-state index in [2.05, 4.69) is 5.32 Å². The number of hydrogen-bond donors (Lipinski definition) is 1. The zero-order valence-corrected chi connectivity index (χ0v) is 13.8. The Hall–Kier alpha value is -2.33. The number of rotatable bonds is 8. The van der Waals surface area contributed by atoms with Gasteiger partial charge in [-0.25, -0.2) is 0 Å². The van der Waals surface area contributed by atoms with Crippen LogP contribution in [-0.4, -0.2) is 33.2 Å². The molecule has 0 fully saturated rings. The molecule has 0 aromatic heterocycles. The summed E-state index contributed by atoms with van der Waals surface area (Å²) in [7, 11) is 3.92. The van der Waals surface area contributed by atoms with Crippen LogP contribution >= 0.6 is 0 Å². The second-order valence-corrected chi connectivity index (χ2v) is 5.59. The molecule has 2 aromatic carbocycles. The monoisotopic (exact) mass is 312 g/mol. The molecule has 0 aliphatic carbocycles. The van der Waals surface area contributed by atoms with Crippen molar-refractivity contribution in [3.05, 3.63) is 65.7 Å². The minimum absolute atomic E-state index is 0.0447. The Morgan fingerprint density at radius 3 is 2.61 bits per heavy atom. The average Bonchev–Trinajstić information content (AvgIpc) is 2.58. The van der Waals surface area contributed by atoms with E-state index in [1.165, 1.54) is 0 Å². The molecule has 0 spiro atoms. The fraction of sp³-hybridized carbons (Fsp3) is 0.316. The van der Waals surface area contributed by atoms with Crippen molar-refractivity contribution in [3.8, 4) is 0 Å². The molecule has 2 aromatic rings. The van der Waals surface area contributed by atoms with E-state index in [-0.39, 0.29) is 5.91 Å². The Labute approximate surface area is 138 Å². The topological polar surface area (TPSA) is 41.6 Å². The molecular weight excluding hydrogens is 288 g/mol. The minimum Gasteiger partial charge on any atom is -0.378 e. The van der Waals surface area contributed by atoms with Crippen molar-refractivity contribution in [1.29, 1.82) is 0 Å². The van der Waals surface area contributed by atoms with E-state index in [9.17, 15) is 4.79 Å². The maximum absolute atomic E-state index is 12.1. The van der Waals surface area contributed by atoms with Crippen LogP contribution in [0.3, 0.4) is 0 Å². The standard InChI is InChI=1S/C19H24N2O2/c1-21(2)18-11-6-10-17(14-18)19(22)20-12-7-13-23-15-16-8-4-3-5-9-16/h3-6,8-11,14H,7,12-13,15H2,1-2H3,(H,20,22). The quantitative estimate of drug-likeness (QED) is 0.762. The molecule has 0 radical (unpaired) electrons. The number of amides is 1. The number of benzene rings is 2. The third-order valence-electron chi connectivity index (χ3n) is 3.49. The number of carbonyl (C=O) groups is 1. The Balaban J connectivity index is 1.66. The third-order valence-corrected chi connectivity index (χ3v) is 3.49. The van der Waals surface area contributed by atoms with Crippen molar-refractivity contribution in [2.75, 3.05) is 32.1 Å². The summed E-state index contributed by atoms with van der Waals surface area (Å²) in [5, 5.41) is 2.93. The summed E-state index contributed by atoms with van der Waals surface area (Å²) >= 11 is 0. The Morgan fingerprint density at radius 2 is 1.87 bits per heavy atom. The fourth-order valence-corrected chi connectivity index (χ4v) is 2.17. The van der Waals surface area contributed by atoms with E-state index in [4.69, 9.17) is 4.74 Å². The summed E-state index contributed by atoms with van der Waals surface area (Å²) in [4.78, 5) is 14.1. The summed E-state index contributed by atoms with van der Waals surface area (Å²) in [6.07, 6.45) is 0.798. The van der Waals surface area contributed by atoms with Crippen LogP contribution in [0.4, 0.5) is 5.69 Å². The van der Waals surface area contributed by atoms with Crippen molar-refractivity contribution in [2.45, 2.75) is 13.0 Å². The van der Waals surface area contributed by atoms with E-state index in [0.717, 1.165) is 17.7 Å². The molecule has 0 heterocycles. The molecule has 0 unspecified atom stereocenters. The summed E-state index contributed by atoms with van der Waals surface area (Å²) in [5.41, 5.74) is 2.86. The van der Waals surface area contributed by atoms with Crippen LogP contribution in [0.15, 0.2) is 54.6 Å². The number of ether oxygens (including phenoxy) is 1. The maximum Gasteiger partial charge on any atom is 0.251 e. The molecule has 4 nitrogen and oxygen atoms in total. The van der Waals surface area contributed by atoms with Crippen LogP contribution in [0.1, 0.15) is 22.3 Å². The average molecular weight is 312 g/mol. The molecule has 23 heavy (non-hydrogen) atoms. The van der Waals surface area contributed by atoms with Crippen molar-refractivity contribution >= 4 is 11.6 Å². The lowest BCUT2D eigenvalue weighted by molar-refractivity contribution is 0.0934. The largest absolute Gasteiger partial charge is 0.378 e. The van der Waals surface area contributed by atoms with Gasteiger partial charge < -0.3 is 15.0 Å². The van der Waals surface area contributed by atoms with E-state index in [1.54, 1.807) is 0 Å². The molecule has 1 N–H and O–H groups in total. The molecule has 122 valence electrons. The van der Waals surface area contributed by atoms with Gasteiger partial charge in [-0.1, -0.05) is 36.4 Å². The van der Waals surface area contributed by atoms with E-state index < -0.39 is 0 Å². The summed E-state index contributed by atoms with van der Waals surface area (Å²) in [5.74, 6) is -0.0447. The fourth-order valence-electron chi connectivity index (χ4n) is 2.17. The van der Waals surface area contributed by atoms with Gasteiger partial charge >= 0.3 is 0 Å². The highest BCUT2D eigenvalue weighted by Gasteiger charge is 2.06. The lowest BCUT2D eigenvalue weighted by Crippen LogP contribution is -2.25. The highest BCUT2D eigenvalue weighted by atomic mass is 16.5. The molecule has 0 aliphatic heterocycles. The van der Waals surface area contributed by atoms with Crippen LogP contribution in [0.25, 0.3) is 0 Å². The molecule has 0 saturated heterocycles. The van der Waals surface area contributed by atoms with Crippen LogP contribution in [0.5, 0.6) is 0 Å². The second kappa shape index (κ2) is 8.96. The predicted octanol–water partition coefficient (Wildman–Crippen LogP) is 3.09. The first-order valence-electron chi connectivity index (χ1n) is 7.84. The number of anilines is 1. The van der Waals surface area contributed by atoms with E-state index in [1.807, 2.05) is 73.6 Å². The molecule has 1 amide bonds. The first-order chi connectivity index (χ1) is 11.2. The smallest absolute Gasteiger partial charge is 0.251 e. The van der Waals surface area contributed by atoms with Crippen molar-refractivity contribution in [2.24, 2.45) is 0 Å². The van der Waals surface area contributed by atoms with Crippen molar-refractivity contribution in [3.63, 3.8) is 0 Å². The highest BCUT2D eigenvalue weighted by Crippen LogP contribution is 2.13. The molecular formula is C19H24N2O2. The van der Waals surface area contributed by atoms with Gasteiger partial charge in [0.1, 0.15) is 0 Å². The van der Waals surface area contributed by atoms with Gasteiger partial charge in [-0.15, -0.1) is 0 Å². The van der Waals surface area contributed by atoms with Crippen LogP contribution in [0, 0.1) is 0 Å². The number of nitrogens with zero attached hydrogens (tertiary/aromatic N) is 1. The number of hydrogen-bond acceptors (Lipinski definition) is 3. The van der Waals surface area contributed by atoms with Crippen molar-refractivity contribution in [1.82, 2.24) is 5.32 Å². The van der Waals surface area contributed by atoms with E-state index >= 15 is 0 Å². The summed E-state index contributed by atoms with van der Waals surface area (Å²) in [6.45, 7) is 1.85. The second-order valence-electron chi connectivity index (χ2n) is 5.59. The Bertz CT molecular complexity index is 612. The number of nitrogens with one attached hydrogen (secondary N) is 1. The van der Waals surface area contributed by atoms with Gasteiger partial charge in [0.2, 0.25) is 0 Å². The zero-order chi connectivity index (χ0) is 16.5. The van der Waals surface area contributed by atoms with Gasteiger partial charge in [-0.2, -0.15) is 0 Å². The van der Waals surface area contributed by atoms with Gasteiger partial charge in [-0.05, 0) is 30.2 Å². The zero-order valence-electron chi connectivity index (χ0n) is 13.8. The van der Waals surface area contributed by atoms with Gasteiger partial charge in [0.05, 0.1) is 6.61 Å². The van der Waals surface area contributed by atoms with Crippen molar-refractivity contribution < 1.29 is 9.53 Å². The predicted molar refractivity (Wildman–Crippen MR) is 93.8 cm³/mol. The summed E-state index contributed by atoms with van der Waals surface area (Å²) in [6, 6.07) is 17.7. The summed E-state index contributed by atoms with van der Waals surface area (Å²) < 4.78 is 5.60. The van der Waals surface area contributed by atoms with Gasteiger partial charge in [0.15, 0.2) is 0 Å². The Kier molecular flexibility index (Phi) is 6.63. The van der Waals surface area contributed by atoms with E-state index in [0.29, 0.717) is 25.3 Å². The van der Waals surface area contributed by atoms with Crippen LogP contribution in [-0.2, 0) is 11.3 Å². The molecule has 4 heteroatoms. The SMILES string of the molecule is CN(C)c1cccc(C(=O)NCCCOCc2ccccc2)c1. The molecule has 0 saturated carbocycles. The van der Waals surface area contributed by atoms with Crippen LogP contribution < -0.4 is 10.2 Å². The molecule has 0 aliphatic rings. The first-order valence-corrected chi connectivity index (χ1v) is 7.84. The van der Waals surface area contributed by atoms with Gasteiger partial charge in [0, 0.05) is 38.5 Å². The maximum atomic E-state index is 12.1.